The van der Waals surface area contributed by atoms with E-state index in [1.807, 2.05) is 42.5 Å². The first-order chi connectivity index (χ1) is 38.0. The quantitative estimate of drug-likeness (QED) is 0.0583. The average Bonchev–Trinajstić information content (AvgIpc) is 1.46. The number of carboxylic acids is 1. The summed E-state index contributed by atoms with van der Waals surface area (Å²) >= 11 is 1.02. The minimum Gasteiger partial charge on any atom is -0.480 e. The fourth-order valence-electron chi connectivity index (χ4n) is 18.2. The van der Waals surface area contributed by atoms with Gasteiger partial charge in [0.05, 0.1) is 61.0 Å². The van der Waals surface area contributed by atoms with Crippen molar-refractivity contribution in [3.8, 4) is 11.5 Å². The fraction of sp³-hybridized carbons (Fsp3) is 0.579. The second-order valence-electron chi connectivity index (χ2n) is 24.8. The van der Waals surface area contributed by atoms with Gasteiger partial charge in [0.2, 0.25) is 23.6 Å². The van der Waals surface area contributed by atoms with Crippen molar-refractivity contribution in [1.82, 2.24) is 10.2 Å². The van der Waals surface area contributed by atoms with Crippen molar-refractivity contribution in [1.29, 1.82) is 0 Å². The molecule has 5 N–H and O–H groups in total. The van der Waals surface area contributed by atoms with Gasteiger partial charge in [-0.2, -0.15) is 0 Å². The molecule has 0 radical (unpaired) electrons. The van der Waals surface area contributed by atoms with Gasteiger partial charge in [0.15, 0.2) is 5.60 Å². The summed E-state index contributed by atoms with van der Waals surface area (Å²) in [6.07, 6.45) is 4.92. The zero-order chi connectivity index (χ0) is 54.3. The number of esters is 1. The van der Waals surface area contributed by atoms with Crippen LogP contribution in [0.25, 0.3) is 0 Å². The van der Waals surface area contributed by atoms with Crippen molar-refractivity contribution in [2.45, 2.75) is 106 Å². The van der Waals surface area contributed by atoms with Gasteiger partial charge in [0.1, 0.15) is 17.5 Å². The van der Waals surface area contributed by atoms with Gasteiger partial charge in [-0.15, -0.1) is 11.8 Å². The third-order valence-corrected chi connectivity index (χ3v) is 22.9. The van der Waals surface area contributed by atoms with E-state index in [0.717, 1.165) is 39.9 Å². The monoisotopic (exact) mass is 1100 g/mol. The van der Waals surface area contributed by atoms with Crippen molar-refractivity contribution in [3.63, 3.8) is 0 Å². The summed E-state index contributed by atoms with van der Waals surface area (Å²) in [7, 11) is -1.15. The summed E-state index contributed by atoms with van der Waals surface area (Å²) in [6.45, 7) is 7.78. The maximum atomic E-state index is 14.3. The molecule has 412 valence electrons. The Kier molecular flexibility index (Phi) is 11.3. The van der Waals surface area contributed by atoms with Crippen LogP contribution in [0.2, 0.25) is 0 Å². The highest BCUT2D eigenvalue weighted by atomic mass is 32.2. The molecule has 2 spiro atoms. The number of carbonyl (C=O) groups is 6. The van der Waals surface area contributed by atoms with E-state index in [-0.39, 0.29) is 99.8 Å². The molecule has 15 rings (SSSR count). The molecule has 3 aromatic rings. The molecule has 3 saturated heterocycles. The number of imide groups is 1. The summed E-state index contributed by atoms with van der Waals surface area (Å²) in [5.41, 5.74) is 8.81. The highest BCUT2D eigenvalue weighted by Crippen LogP contribution is 2.92. The molecule has 12 aliphatic rings. The SMILES string of the molecule is CC12C3C4C[C@@H]1C[C@@H]2[C@]3(C)OB(c1ccc2c(c1)Oc1cc(B3OC5C6C78C(C[C@H]7C[C@@H]58)[C@]6(C)O3)ccc1C21OC(=O)c2cc(NC(=O)CCOCCOCCNC(=O)CCN3C(=O)CC(SCC(N)C(=O)O)C3=O)ccc21)O4. The minimum absolute atomic E-state index is 0.0116. The number of rotatable bonds is 19. The van der Waals surface area contributed by atoms with Crippen molar-refractivity contribution in [2.24, 2.45) is 58.0 Å². The van der Waals surface area contributed by atoms with Crippen LogP contribution in [0.5, 0.6) is 11.5 Å². The van der Waals surface area contributed by atoms with E-state index >= 15 is 0 Å². The zero-order valence-corrected chi connectivity index (χ0v) is 45.0. The van der Waals surface area contributed by atoms with Crippen LogP contribution < -0.4 is 32.0 Å². The van der Waals surface area contributed by atoms with Crippen LogP contribution in [0.1, 0.15) is 92.8 Å². The number of likely N-dealkylation sites (tertiary alicyclic amines) is 1. The number of ether oxygens (including phenoxy) is 4. The Morgan fingerprint density at radius 3 is 2.24 bits per heavy atom. The largest absolute Gasteiger partial charge is 0.494 e. The third kappa shape index (κ3) is 6.82. The van der Waals surface area contributed by atoms with Crippen molar-refractivity contribution < 1.29 is 71.4 Å². The van der Waals surface area contributed by atoms with E-state index in [0.29, 0.717) is 85.8 Å². The number of carbonyl (C=O) groups excluding carboxylic acids is 5. The molecule has 5 aliphatic heterocycles. The number of thioether (sulfide) groups is 1. The lowest BCUT2D eigenvalue weighted by Crippen LogP contribution is -2.97. The molecule has 79 heavy (non-hydrogen) atoms. The number of nitrogens with one attached hydrogen (secondary N) is 2. The number of nitrogens with two attached hydrogens (primary N) is 1. The van der Waals surface area contributed by atoms with Gasteiger partial charge >= 0.3 is 26.2 Å². The summed E-state index contributed by atoms with van der Waals surface area (Å²) in [5, 5.41) is 13.9. The van der Waals surface area contributed by atoms with Crippen LogP contribution in [0, 0.1) is 52.3 Å². The lowest BCUT2D eigenvalue weighted by molar-refractivity contribution is -0.496. The Labute approximate surface area is 460 Å². The number of nitrogens with zero attached hydrogens (tertiary/aromatic N) is 1. The Morgan fingerprint density at radius 1 is 0.810 bits per heavy atom. The number of aliphatic carboxylic acids is 1. The van der Waals surface area contributed by atoms with Crippen LogP contribution in [0.4, 0.5) is 5.69 Å². The van der Waals surface area contributed by atoms with Crippen molar-refractivity contribution >= 4 is 78.2 Å². The van der Waals surface area contributed by atoms with Gasteiger partial charge in [-0.05, 0) is 115 Å². The molecule has 3 aromatic carbocycles. The maximum Gasteiger partial charge on any atom is 0.494 e. The molecule has 5 heterocycles. The van der Waals surface area contributed by atoms with Crippen molar-refractivity contribution in [3.05, 3.63) is 76.9 Å². The second kappa shape index (κ2) is 17.6. The number of anilines is 1. The molecule has 10 fully saturated rings. The number of hydrogen-bond acceptors (Lipinski definition) is 16. The van der Waals surface area contributed by atoms with Gasteiger partial charge in [0.25, 0.3) is 0 Å². The Balaban J connectivity index is 0.583. The molecule has 22 heteroatoms. The lowest BCUT2D eigenvalue weighted by atomic mass is 9.13. The Bertz CT molecular complexity index is 3160. The number of carboxylic acid groups (broad SMARTS) is 1. The molecule has 0 bridgehead atoms. The predicted octanol–water partition coefficient (Wildman–Crippen LogP) is 3.10. The van der Waals surface area contributed by atoms with E-state index in [2.05, 4.69) is 31.4 Å². The molecule has 19 nitrogen and oxygen atoms in total. The minimum atomic E-state index is -1.38. The van der Waals surface area contributed by atoms with E-state index in [1.54, 1.807) is 12.1 Å². The average molecular weight is 1100 g/mol. The summed E-state index contributed by atoms with van der Waals surface area (Å²) in [6, 6.07) is 16.1. The number of amides is 4. The lowest BCUT2D eigenvalue weighted by Gasteiger charge is -2.94. The number of fused-ring (bicyclic) bond motifs is 9. The summed E-state index contributed by atoms with van der Waals surface area (Å²) in [5.74, 6) is 1.84. The fourth-order valence-corrected chi connectivity index (χ4v) is 19.3. The van der Waals surface area contributed by atoms with Crippen LogP contribution in [0.3, 0.4) is 0 Å². The van der Waals surface area contributed by atoms with Crippen LogP contribution in [0.15, 0.2) is 54.6 Å². The molecule has 7 aliphatic carbocycles. The highest BCUT2D eigenvalue weighted by molar-refractivity contribution is 8.00. The zero-order valence-electron chi connectivity index (χ0n) is 44.2. The predicted molar refractivity (Wildman–Crippen MR) is 283 cm³/mol. The van der Waals surface area contributed by atoms with Gasteiger partial charge < -0.3 is 59.0 Å². The van der Waals surface area contributed by atoms with Gasteiger partial charge in [-0.3, -0.25) is 28.9 Å². The van der Waals surface area contributed by atoms with Crippen molar-refractivity contribution in [2.75, 3.05) is 50.6 Å². The smallest absolute Gasteiger partial charge is 0.480 e. The van der Waals surface area contributed by atoms with Crippen LogP contribution in [-0.4, -0.2) is 140 Å². The van der Waals surface area contributed by atoms with Gasteiger partial charge in [-0.25, -0.2) is 4.79 Å². The highest BCUT2D eigenvalue weighted by Gasteiger charge is 2.94. The summed E-state index contributed by atoms with van der Waals surface area (Å²) < 4.78 is 52.3. The molecule has 16 atom stereocenters. The van der Waals surface area contributed by atoms with Gasteiger partial charge in [-0.1, -0.05) is 37.3 Å². The van der Waals surface area contributed by atoms with Gasteiger partial charge in [0, 0.05) is 72.0 Å². The molecule has 7 saturated carbocycles. The first-order valence-corrected chi connectivity index (χ1v) is 29.2. The molecule has 0 aromatic heterocycles. The molecule has 10 unspecified atom stereocenters. The first-order valence-electron chi connectivity index (χ1n) is 28.2. The molecular formula is C57H62B2N4O15S. The number of hydrogen-bond donors (Lipinski definition) is 4. The van der Waals surface area contributed by atoms with E-state index < -0.39 is 54.9 Å². The standard InChI is InChI=1S/C57H62B2N4O15S/c1-53-27-19-40-48(53)54(2,42(53)20-27)77-58(75-40)29-4-7-34-38(22-29)73-39-23-30(59-76-47-36-18-28-21-43-55(3,78-59)49(47)56(28,36)43)5-8-35(39)57(34)33-9-6-31(24-32(33)52(70)74-57)62-45(65)11-14-71-16-17-72-15-12-61-44(64)10-13-63-46(66)25-41(50(63)67)79-26-37(60)51(68)69/h4-9,22-24,27-28,36-37,40-43,47-49H,10-21,25-26,60H2,1-3H3,(H,61,64)(H,62,65)(H,68,69)/t27-,28-,36+,37?,40?,41?,42+,43?,47?,48?,49?,53?,54+,55+,56?,57?/m1/s1. The van der Waals surface area contributed by atoms with Crippen LogP contribution in [-0.2, 0) is 62.4 Å². The maximum absolute atomic E-state index is 14.3. The first kappa shape index (κ1) is 50.6. The Hall–Kier alpha value is -5.32. The molecule has 4 amide bonds. The normalized spacial score (nSPS) is 38.4. The second-order valence-corrected chi connectivity index (χ2v) is 26.1. The van der Waals surface area contributed by atoms with E-state index in [9.17, 15) is 28.8 Å². The third-order valence-electron chi connectivity index (χ3n) is 21.6. The Morgan fingerprint density at radius 2 is 1.51 bits per heavy atom. The van der Waals surface area contributed by atoms with Crippen LogP contribution >= 0.6 is 11.8 Å². The summed E-state index contributed by atoms with van der Waals surface area (Å²) in [4.78, 5) is 76.9. The number of benzene rings is 3. The van der Waals surface area contributed by atoms with E-state index in [4.69, 9.17) is 48.4 Å². The molecular weight excluding hydrogens is 1030 g/mol. The topological polar surface area (TPSA) is 250 Å². The van der Waals surface area contributed by atoms with E-state index in [1.165, 1.54) is 19.3 Å².